The average molecular weight is 326 g/mol. The molecule has 1 rings (SSSR count). The summed E-state index contributed by atoms with van der Waals surface area (Å²) in [5.41, 5.74) is 0.929. The molecule has 0 saturated carbocycles. The van der Waals surface area contributed by atoms with Crippen LogP contribution in [0.3, 0.4) is 0 Å². The molecule has 22 heavy (non-hydrogen) atoms. The van der Waals surface area contributed by atoms with Gasteiger partial charge in [0.15, 0.2) is 5.78 Å². The minimum absolute atomic E-state index is 0. The van der Waals surface area contributed by atoms with Crippen molar-refractivity contribution in [1.82, 2.24) is 4.90 Å². The molecule has 1 unspecified atom stereocenters. The minimum Gasteiger partial charge on any atom is -0.508 e. The zero-order valence-corrected chi connectivity index (χ0v) is 14.6. The molecule has 0 saturated heterocycles. The van der Waals surface area contributed by atoms with E-state index in [2.05, 4.69) is 11.8 Å². The summed E-state index contributed by atoms with van der Waals surface area (Å²) < 4.78 is 0. The Balaban J connectivity index is 0.00000441. The number of benzene rings is 1. The second kappa shape index (κ2) is 11.3. The largest absolute Gasteiger partial charge is 0.508 e. The van der Waals surface area contributed by atoms with Gasteiger partial charge in [0, 0.05) is 12.5 Å². The molecule has 3 nitrogen and oxygen atoms in total. The highest BCUT2D eigenvalue weighted by Gasteiger charge is 2.16. The van der Waals surface area contributed by atoms with Crippen molar-refractivity contribution in [2.24, 2.45) is 5.92 Å². The van der Waals surface area contributed by atoms with E-state index >= 15 is 0 Å². The predicted molar refractivity (Wildman–Crippen MR) is 95.6 cm³/mol. The molecule has 1 aromatic carbocycles. The Bertz CT molecular complexity index is 455. The second-order valence-corrected chi connectivity index (χ2v) is 5.78. The van der Waals surface area contributed by atoms with E-state index in [1.807, 2.05) is 20.2 Å². The lowest BCUT2D eigenvalue weighted by molar-refractivity contribution is -0.118. The summed E-state index contributed by atoms with van der Waals surface area (Å²) in [6, 6.07) is 6.86. The lowest BCUT2D eigenvalue weighted by Gasteiger charge is -2.18. The standard InChI is InChI=1S/C18H27NO2.ClH/c1-4-5-6-7-16(14-19(2)3)18(21)13-10-15-8-11-17(20)12-9-15;/h8-13,16,20H,4-7,14H2,1-3H3;1H/b13-10+;. The zero-order chi connectivity index (χ0) is 15.7. The molecule has 0 aliphatic rings. The number of halogens is 1. The van der Waals surface area contributed by atoms with Gasteiger partial charge in [0.2, 0.25) is 0 Å². The van der Waals surface area contributed by atoms with Crippen molar-refractivity contribution < 1.29 is 9.90 Å². The number of phenols is 1. The normalized spacial score (nSPS) is 12.4. The highest BCUT2D eigenvalue weighted by atomic mass is 35.5. The Morgan fingerprint density at radius 3 is 2.41 bits per heavy atom. The smallest absolute Gasteiger partial charge is 0.160 e. The molecule has 0 fully saturated rings. The van der Waals surface area contributed by atoms with Gasteiger partial charge < -0.3 is 10.0 Å². The Hall–Kier alpha value is -1.32. The molecule has 124 valence electrons. The predicted octanol–water partition coefficient (Wildman–Crippen LogP) is 4.15. The van der Waals surface area contributed by atoms with Gasteiger partial charge in [0.05, 0.1) is 0 Å². The lowest BCUT2D eigenvalue weighted by Crippen LogP contribution is -2.27. The van der Waals surface area contributed by atoms with Crippen LogP contribution >= 0.6 is 12.4 Å². The molecule has 0 heterocycles. The molecule has 0 radical (unpaired) electrons. The van der Waals surface area contributed by atoms with Crippen LogP contribution in [0.25, 0.3) is 6.08 Å². The van der Waals surface area contributed by atoms with Gasteiger partial charge in [0.1, 0.15) is 5.75 Å². The van der Waals surface area contributed by atoms with Crippen LogP contribution < -0.4 is 0 Å². The maximum Gasteiger partial charge on any atom is 0.160 e. The van der Waals surface area contributed by atoms with Gasteiger partial charge in [-0.05, 0) is 44.3 Å². The SMILES string of the molecule is CCCCCC(CN(C)C)C(=O)/C=C/c1ccc(O)cc1.Cl. The first kappa shape index (κ1) is 20.7. The van der Waals surface area contributed by atoms with Crippen LogP contribution in [-0.4, -0.2) is 36.4 Å². The lowest BCUT2D eigenvalue weighted by atomic mass is 9.95. The number of ketones is 1. The van der Waals surface area contributed by atoms with Crippen LogP contribution in [0.2, 0.25) is 0 Å². The maximum atomic E-state index is 12.4. The van der Waals surface area contributed by atoms with E-state index in [-0.39, 0.29) is 29.9 Å². The first-order chi connectivity index (χ1) is 10.0. The van der Waals surface area contributed by atoms with Crippen molar-refractivity contribution in [3.63, 3.8) is 0 Å². The first-order valence-electron chi connectivity index (χ1n) is 7.68. The highest BCUT2D eigenvalue weighted by molar-refractivity contribution is 5.95. The Kier molecular flexibility index (Phi) is 10.6. The summed E-state index contributed by atoms with van der Waals surface area (Å²) in [5.74, 6) is 0.497. The summed E-state index contributed by atoms with van der Waals surface area (Å²) in [6.07, 6.45) is 7.90. The summed E-state index contributed by atoms with van der Waals surface area (Å²) in [5, 5.41) is 9.25. The van der Waals surface area contributed by atoms with E-state index in [9.17, 15) is 9.90 Å². The first-order valence-corrected chi connectivity index (χ1v) is 7.68. The van der Waals surface area contributed by atoms with Crippen LogP contribution in [0.4, 0.5) is 0 Å². The number of rotatable bonds is 9. The van der Waals surface area contributed by atoms with Gasteiger partial charge in [-0.25, -0.2) is 0 Å². The van der Waals surface area contributed by atoms with Crippen molar-refractivity contribution in [1.29, 1.82) is 0 Å². The van der Waals surface area contributed by atoms with Crippen molar-refractivity contribution in [2.75, 3.05) is 20.6 Å². The quantitative estimate of drug-likeness (QED) is 0.547. The van der Waals surface area contributed by atoms with Crippen LogP contribution in [0.1, 0.15) is 38.2 Å². The van der Waals surface area contributed by atoms with Crippen molar-refractivity contribution in [3.8, 4) is 5.75 Å². The molecule has 0 amide bonds. The van der Waals surface area contributed by atoms with E-state index in [0.29, 0.717) is 0 Å². The summed E-state index contributed by atoms with van der Waals surface area (Å²) in [6.45, 7) is 2.97. The third kappa shape index (κ3) is 8.20. The molecule has 0 aliphatic heterocycles. The van der Waals surface area contributed by atoms with Gasteiger partial charge in [-0.2, -0.15) is 0 Å². The van der Waals surface area contributed by atoms with Gasteiger partial charge in [0.25, 0.3) is 0 Å². The molecule has 1 aromatic rings. The highest BCUT2D eigenvalue weighted by Crippen LogP contribution is 2.15. The molecule has 1 N–H and O–H groups in total. The molecular formula is C18H28ClNO2. The van der Waals surface area contributed by atoms with E-state index < -0.39 is 0 Å². The molecule has 0 bridgehead atoms. The number of hydrogen-bond donors (Lipinski definition) is 1. The number of unbranched alkanes of at least 4 members (excludes halogenated alkanes) is 2. The molecule has 0 spiro atoms. The van der Waals surface area contributed by atoms with E-state index in [1.54, 1.807) is 30.3 Å². The zero-order valence-electron chi connectivity index (χ0n) is 13.8. The monoisotopic (exact) mass is 325 g/mol. The van der Waals surface area contributed by atoms with Gasteiger partial charge >= 0.3 is 0 Å². The minimum atomic E-state index is 0. The number of carbonyl (C=O) groups is 1. The molecule has 1 atom stereocenters. The van der Waals surface area contributed by atoms with Crippen LogP contribution in [0.5, 0.6) is 5.75 Å². The maximum absolute atomic E-state index is 12.4. The second-order valence-electron chi connectivity index (χ2n) is 5.78. The van der Waals surface area contributed by atoms with Crippen molar-refractivity contribution in [2.45, 2.75) is 32.6 Å². The molecule has 0 aliphatic carbocycles. The van der Waals surface area contributed by atoms with E-state index in [1.165, 1.54) is 12.8 Å². The number of hydrogen-bond acceptors (Lipinski definition) is 3. The number of nitrogens with zero attached hydrogens (tertiary/aromatic N) is 1. The topological polar surface area (TPSA) is 40.5 Å². The number of phenolic OH excluding ortho intramolecular Hbond substituents is 1. The van der Waals surface area contributed by atoms with Crippen LogP contribution in [-0.2, 0) is 4.79 Å². The Morgan fingerprint density at radius 1 is 1.23 bits per heavy atom. The Labute approximate surface area is 140 Å². The summed E-state index contributed by atoms with van der Waals surface area (Å²) in [4.78, 5) is 14.4. The molecular weight excluding hydrogens is 298 g/mol. The van der Waals surface area contributed by atoms with E-state index in [0.717, 1.165) is 24.9 Å². The van der Waals surface area contributed by atoms with Crippen molar-refractivity contribution in [3.05, 3.63) is 35.9 Å². The fourth-order valence-corrected chi connectivity index (χ4v) is 2.30. The third-order valence-corrected chi connectivity index (χ3v) is 3.48. The number of carbonyl (C=O) groups excluding carboxylic acids is 1. The average Bonchev–Trinajstić information content (AvgIpc) is 2.45. The van der Waals surface area contributed by atoms with E-state index in [4.69, 9.17) is 0 Å². The fourth-order valence-electron chi connectivity index (χ4n) is 2.30. The number of aromatic hydroxyl groups is 1. The fraction of sp³-hybridized carbons (Fsp3) is 0.500. The molecule has 0 aromatic heterocycles. The summed E-state index contributed by atoms with van der Waals surface area (Å²) in [7, 11) is 4.01. The summed E-state index contributed by atoms with van der Waals surface area (Å²) >= 11 is 0. The van der Waals surface area contributed by atoms with Gasteiger partial charge in [-0.3, -0.25) is 4.79 Å². The van der Waals surface area contributed by atoms with Gasteiger partial charge in [-0.15, -0.1) is 12.4 Å². The third-order valence-electron chi connectivity index (χ3n) is 3.48. The number of allylic oxidation sites excluding steroid dienone is 1. The Morgan fingerprint density at radius 2 is 1.86 bits per heavy atom. The van der Waals surface area contributed by atoms with Crippen molar-refractivity contribution >= 4 is 24.3 Å². The molecule has 4 heteroatoms. The van der Waals surface area contributed by atoms with Crippen LogP contribution in [0, 0.1) is 5.92 Å². The van der Waals surface area contributed by atoms with Crippen LogP contribution in [0.15, 0.2) is 30.3 Å². The van der Waals surface area contributed by atoms with Gasteiger partial charge in [-0.1, -0.05) is 44.4 Å².